The SMILES string of the molecule is C.C.C=C(Cc1ccc(C)cc1)c1ccc(-c2ccccc2C)cc1. The zero-order chi connectivity index (χ0) is 16.2. The maximum atomic E-state index is 4.26. The average Bonchev–Trinajstić information content (AvgIpc) is 2.57. The predicted octanol–water partition coefficient (Wildman–Crippen LogP) is 7.50. The lowest BCUT2D eigenvalue weighted by Crippen LogP contribution is -1.90. The molecule has 25 heavy (non-hydrogen) atoms. The van der Waals surface area contributed by atoms with E-state index in [9.17, 15) is 0 Å². The Morgan fingerprint density at radius 3 is 1.96 bits per heavy atom. The third-order valence-electron chi connectivity index (χ3n) is 4.29. The Morgan fingerprint density at radius 2 is 1.36 bits per heavy atom. The van der Waals surface area contributed by atoms with Crippen LogP contribution in [-0.2, 0) is 6.42 Å². The van der Waals surface area contributed by atoms with Gasteiger partial charge >= 0.3 is 0 Å². The van der Waals surface area contributed by atoms with E-state index in [0.29, 0.717) is 0 Å². The van der Waals surface area contributed by atoms with E-state index >= 15 is 0 Å². The fraction of sp³-hybridized carbons (Fsp3) is 0.200. The highest BCUT2D eigenvalue weighted by atomic mass is 14.1. The van der Waals surface area contributed by atoms with E-state index in [1.807, 2.05) is 0 Å². The summed E-state index contributed by atoms with van der Waals surface area (Å²) in [6.45, 7) is 8.53. The van der Waals surface area contributed by atoms with Crippen molar-refractivity contribution in [1.82, 2.24) is 0 Å². The van der Waals surface area contributed by atoms with Crippen molar-refractivity contribution >= 4 is 5.57 Å². The third-order valence-corrected chi connectivity index (χ3v) is 4.29. The Balaban J connectivity index is 0.00000156. The van der Waals surface area contributed by atoms with Gasteiger partial charge in [0.15, 0.2) is 0 Å². The largest absolute Gasteiger partial charge is 0.0949 e. The van der Waals surface area contributed by atoms with Gasteiger partial charge in [-0.3, -0.25) is 0 Å². The first kappa shape index (κ1) is 20.4. The molecule has 0 aliphatic rings. The minimum Gasteiger partial charge on any atom is -0.0949 e. The molecule has 0 unspecified atom stereocenters. The van der Waals surface area contributed by atoms with Gasteiger partial charge in [0.25, 0.3) is 0 Å². The Morgan fingerprint density at radius 1 is 0.760 bits per heavy atom. The van der Waals surface area contributed by atoms with Crippen LogP contribution >= 0.6 is 0 Å². The van der Waals surface area contributed by atoms with Crippen molar-refractivity contribution in [3.63, 3.8) is 0 Å². The van der Waals surface area contributed by atoms with Crippen LogP contribution < -0.4 is 0 Å². The molecule has 0 saturated heterocycles. The Labute approximate surface area is 153 Å². The minimum absolute atomic E-state index is 0. The molecule has 0 aliphatic carbocycles. The molecule has 0 nitrogen and oxygen atoms in total. The summed E-state index contributed by atoms with van der Waals surface area (Å²) in [5, 5.41) is 0. The van der Waals surface area contributed by atoms with E-state index in [1.54, 1.807) is 0 Å². The summed E-state index contributed by atoms with van der Waals surface area (Å²) in [7, 11) is 0. The molecule has 0 saturated carbocycles. The Hall–Kier alpha value is -2.60. The molecule has 0 bridgehead atoms. The minimum atomic E-state index is 0. The molecule has 0 heteroatoms. The third kappa shape index (κ3) is 4.93. The Kier molecular flexibility index (Phi) is 7.39. The quantitative estimate of drug-likeness (QED) is 0.464. The molecular formula is C25H30. The maximum absolute atomic E-state index is 4.26. The van der Waals surface area contributed by atoms with E-state index in [-0.39, 0.29) is 14.9 Å². The lowest BCUT2D eigenvalue weighted by Gasteiger charge is -2.10. The standard InChI is InChI=1S/C23H22.2CH4/c1-17-8-10-20(11-9-17)16-19(3)21-12-14-22(15-13-21)23-7-5-4-6-18(23)2;;/h4-15H,3,16H2,1-2H3;2*1H4. The van der Waals surface area contributed by atoms with E-state index in [1.165, 1.54) is 33.4 Å². The van der Waals surface area contributed by atoms with Gasteiger partial charge in [0.2, 0.25) is 0 Å². The first-order valence-corrected chi connectivity index (χ1v) is 8.03. The molecule has 0 heterocycles. The highest BCUT2D eigenvalue weighted by molar-refractivity contribution is 5.72. The maximum Gasteiger partial charge on any atom is -0.00257 e. The van der Waals surface area contributed by atoms with E-state index in [4.69, 9.17) is 0 Å². The first-order valence-electron chi connectivity index (χ1n) is 8.03. The van der Waals surface area contributed by atoms with Crippen LogP contribution in [0.15, 0.2) is 79.4 Å². The van der Waals surface area contributed by atoms with E-state index in [0.717, 1.165) is 12.0 Å². The first-order chi connectivity index (χ1) is 11.1. The molecular weight excluding hydrogens is 300 g/mol. The van der Waals surface area contributed by atoms with Crippen LogP contribution in [0.3, 0.4) is 0 Å². The average molecular weight is 331 g/mol. The number of rotatable bonds is 4. The summed E-state index contributed by atoms with van der Waals surface area (Å²) >= 11 is 0. The zero-order valence-corrected chi connectivity index (χ0v) is 13.8. The fourth-order valence-electron chi connectivity index (χ4n) is 2.84. The van der Waals surface area contributed by atoms with Gasteiger partial charge in [0.05, 0.1) is 0 Å². The molecule has 0 fully saturated rings. The molecule has 0 N–H and O–H groups in total. The molecule has 0 spiro atoms. The number of aryl methyl sites for hydroxylation is 2. The lowest BCUT2D eigenvalue weighted by molar-refractivity contribution is 1.27. The van der Waals surface area contributed by atoms with Crippen LogP contribution in [0.25, 0.3) is 16.7 Å². The molecule has 3 aromatic rings. The molecule has 0 amide bonds. The van der Waals surface area contributed by atoms with Crippen molar-refractivity contribution in [1.29, 1.82) is 0 Å². The van der Waals surface area contributed by atoms with Gasteiger partial charge in [-0.25, -0.2) is 0 Å². The van der Waals surface area contributed by atoms with Gasteiger partial charge in [0, 0.05) is 0 Å². The molecule has 0 aliphatic heterocycles. The van der Waals surface area contributed by atoms with Gasteiger partial charge in [-0.05, 0) is 53.7 Å². The number of hydrogen-bond acceptors (Lipinski definition) is 0. The summed E-state index contributed by atoms with van der Waals surface area (Å²) < 4.78 is 0. The van der Waals surface area contributed by atoms with Crippen molar-refractivity contribution in [2.24, 2.45) is 0 Å². The Bertz CT molecular complexity index is 805. The van der Waals surface area contributed by atoms with Crippen LogP contribution in [0.2, 0.25) is 0 Å². The lowest BCUT2D eigenvalue weighted by atomic mass is 9.95. The fourth-order valence-corrected chi connectivity index (χ4v) is 2.84. The highest BCUT2D eigenvalue weighted by Crippen LogP contribution is 2.26. The van der Waals surface area contributed by atoms with Crippen molar-refractivity contribution in [2.75, 3.05) is 0 Å². The second kappa shape index (κ2) is 9.03. The topological polar surface area (TPSA) is 0 Å². The zero-order valence-electron chi connectivity index (χ0n) is 13.8. The number of hydrogen-bond donors (Lipinski definition) is 0. The van der Waals surface area contributed by atoms with Gasteiger partial charge in [-0.1, -0.05) is 99.8 Å². The molecule has 3 aromatic carbocycles. The normalized spacial score (nSPS) is 9.68. The monoisotopic (exact) mass is 330 g/mol. The smallest absolute Gasteiger partial charge is 0.00257 e. The predicted molar refractivity (Wildman–Crippen MR) is 114 cm³/mol. The van der Waals surface area contributed by atoms with Crippen molar-refractivity contribution in [3.8, 4) is 11.1 Å². The van der Waals surface area contributed by atoms with Gasteiger partial charge in [-0.2, -0.15) is 0 Å². The summed E-state index contributed by atoms with van der Waals surface area (Å²) in [4.78, 5) is 0. The van der Waals surface area contributed by atoms with Crippen LogP contribution in [0, 0.1) is 13.8 Å². The van der Waals surface area contributed by atoms with Crippen molar-refractivity contribution in [3.05, 3.63) is 102 Å². The van der Waals surface area contributed by atoms with Crippen LogP contribution in [-0.4, -0.2) is 0 Å². The second-order valence-corrected chi connectivity index (χ2v) is 6.16. The number of benzene rings is 3. The molecule has 0 aromatic heterocycles. The van der Waals surface area contributed by atoms with Gasteiger partial charge in [0.1, 0.15) is 0 Å². The summed E-state index contributed by atoms with van der Waals surface area (Å²) in [6.07, 6.45) is 0.893. The van der Waals surface area contributed by atoms with Crippen molar-refractivity contribution < 1.29 is 0 Å². The van der Waals surface area contributed by atoms with E-state index < -0.39 is 0 Å². The van der Waals surface area contributed by atoms with E-state index in [2.05, 4.69) is 93.2 Å². The van der Waals surface area contributed by atoms with Crippen LogP contribution in [0.5, 0.6) is 0 Å². The molecule has 0 radical (unpaired) electrons. The van der Waals surface area contributed by atoms with Crippen LogP contribution in [0.4, 0.5) is 0 Å². The molecule has 130 valence electrons. The molecule has 3 rings (SSSR count). The summed E-state index contributed by atoms with van der Waals surface area (Å²) in [6, 6.07) is 25.9. The van der Waals surface area contributed by atoms with Gasteiger partial charge in [-0.15, -0.1) is 0 Å². The second-order valence-electron chi connectivity index (χ2n) is 6.16. The number of allylic oxidation sites excluding steroid dienone is 1. The summed E-state index contributed by atoms with van der Waals surface area (Å²) in [5.74, 6) is 0. The highest BCUT2D eigenvalue weighted by Gasteiger charge is 2.04. The summed E-state index contributed by atoms with van der Waals surface area (Å²) in [5.41, 5.74) is 8.83. The molecule has 0 atom stereocenters. The van der Waals surface area contributed by atoms with Crippen LogP contribution in [0.1, 0.15) is 37.1 Å². The van der Waals surface area contributed by atoms with Gasteiger partial charge < -0.3 is 0 Å². The van der Waals surface area contributed by atoms with Crippen molar-refractivity contribution in [2.45, 2.75) is 35.1 Å².